The fraction of sp³-hybridized carbons (Fsp3) is 0.733. The predicted octanol–water partition coefficient (Wildman–Crippen LogP) is 2.52. The molecule has 0 aromatic carbocycles. The summed E-state index contributed by atoms with van der Waals surface area (Å²) in [5.74, 6) is 3.55. The number of aromatic nitrogens is 2. The van der Waals surface area contributed by atoms with Crippen molar-refractivity contribution in [3.05, 3.63) is 11.4 Å². The zero-order valence-electron chi connectivity index (χ0n) is 12.9. The molecule has 5 heteroatoms. The third-order valence-corrected chi connectivity index (χ3v) is 3.77. The van der Waals surface area contributed by atoms with Gasteiger partial charge < -0.3 is 15.7 Å². The number of nitrogens with one attached hydrogen (secondary N) is 2. The number of aliphatic hydroxyl groups is 1. The normalized spacial score (nSPS) is 16.3. The van der Waals surface area contributed by atoms with Crippen LogP contribution in [0.25, 0.3) is 0 Å². The number of nitrogens with zero attached hydrogens (tertiary/aromatic N) is 2. The van der Waals surface area contributed by atoms with Gasteiger partial charge in [0.05, 0.1) is 12.6 Å². The van der Waals surface area contributed by atoms with Crippen LogP contribution in [0.1, 0.15) is 50.9 Å². The van der Waals surface area contributed by atoms with E-state index in [0.717, 1.165) is 29.6 Å². The number of hydrogen-bond donors (Lipinski definition) is 3. The van der Waals surface area contributed by atoms with Gasteiger partial charge in [-0.3, -0.25) is 0 Å². The molecule has 1 unspecified atom stereocenters. The van der Waals surface area contributed by atoms with E-state index in [4.69, 9.17) is 0 Å². The molecule has 1 fully saturated rings. The lowest BCUT2D eigenvalue weighted by atomic mass is 10.1. The zero-order chi connectivity index (χ0) is 14.7. The van der Waals surface area contributed by atoms with E-state index < -0.39 is 0 Å². The number of rotatable bonds is 7. The van der Waals surface area contributed by atoms with Gasteiger partial charge in [0, 0.05) is 18.0 Å². The Morgan fingerprint density at radius 1 is 1.25 bits per heavy atom. The van der Waals surface area contributed by atoms with Crippen LogP contribution in [-0.4, -0.2) is 34.3 Å². The molecular formula is C15H26N4O. The first-order valence-electron chi connectivity index (χ1n) is 7.56. The lowest BCUT2D eigenvalue weighted by Gasteiger charge is -2.23. The van der Waals surface area contributed by atoms with Gasteiger partial charge in [0.1, 0.15) is 17.5 Å². The highest BCUT2D eigenvalue weighted by atomic mass is 16.3. The van der Waals surface area contributed by atoms with Gasteiger partial charge >= 0.3 is 0 Å². The second-order valence-corrected chi connectivity index (χ2v) is 5.89. The first-order chi connectivity index (χ1) is 9.56. The highest BCUT2D eigenvalue weighted by Gasteiger charge is 2.28. The molecule has 112 valence electrons. The summed E-state index contributed by atoms with van der Waals surface area (Å²) >= 11 is 0. The Labute approximate surface area is 121 Å². The summed E-state index contributed by atoms with van der Waals surface area (Å²) in [4.78, 5) is 9.31. The van der Waals surface area contributed by atoms with Crippen LogP contribution in [0.15, 0.2) is 0 Å². The minimum atomic E-state index is 0.0186. The highest BCUT2D eigenvalue weighted by Crippen LogP contribution is 2.39. The molecule has 0 amide bonds. The largest absolute Gasteiger partial charge is 0.394 e. The topological polar surface area (TPSA) is 70.1 Å². The Kier molecular flexibility index (Phi) is 4.81. The Morgan fingerprint density at radius 2 is 1.90 bits per heavy atom. The SMILES string of the molecule is CCNc1nc(C2CC2)nc(NC(CO)C(C)C)c1C. The molecule has 20 heavy (non-hydrogen) atoms. The average molecular weight is 278 g/mol. The van der Waals surface area contributed by atoms with Crippen LogP contribution in [0.2, 0.25) is 0 Å². The molecule has 1 atom stereocenters. The molecule has 1 aromatic rings. The summed E-state index contributed by atoms with van der Waals surface area (Å²) in [7, 11) is 0. The second-order valence-electron chi connectivity index (χ2n) is 5.89. The fourth-order valence-corrected chi connectivity index (χ4v) is 2.14. The van der Waals surface area contributed by atoms with Gasteiger partial charge in [0.2, 0.25) is 0 Å². The van der Waals surface area contributed by atoms with Gasteiger partial charge in [-0.1, -0.05) is 13.8 Å². The Hall–Kier alpha value is -1.36. The van der Waals surface area contributed by atoms with Crippen molar-refractivity contribution in [1.29, 1.82) is 0 Å². The van der Waals surface area contributed by atoms with Crippen LogP contribution in [0, 0.1) is 12.8 Å². The first kappa shape index (κ1) is 15.0. The summed E-state index contributed by atoms with van der Waals surface area (Å²) in [5, 5.41) is 16.2. The zero-order valence-corrected chi connectivity index (χ0v) is 12.9. The summed E-state index contributed by atoms with van der Waals surface area (Å²) in [6.45, 7) is 9.22. The lowest BCUT2D eigenvalue weighted by molar-refractivity contribution is 0.249. The van der Waals surface area contributed by atoms with E-state index in [1.165, 1.54) is 12.8 Å². The molecule has 5 nitrogen and oxygen atoms in total. The van der Waals surface area contributed by atoms with E-state index in [1.807, 2.05) is 6.92 Å². The van der Waals surface area contributed by atoms with Gasteiger partial charge in [-0.15, -0.1) is 0 Å². The molecule has 0 aliphatic heterocycles. The van der Waals surface area contributed by atoms with Crippen molar-refractivity contribution >= 4 is 11.6 Å². The first-order valence-corrected chi connectivity index (χ1v) is 7.56. The maximum Gasteiger partial charge on any atom is 0.136 e. The summed E-state index contributed by atoms with van der Waals surface area (Å²) in [5.41, 5.74) is 1.02. The Bertz CT molecular complexity index is 457. The van der Waals surface area contributed by atoms with E-state index >= 15 is 0 Å². The lowest BCUT2D eigenvalue weighted by Crippen LogP contribution is -2.30. The molecule has 1 aromatic heterocycles. The quantitative estimate of drug-likeness (QED) is 0.715. The van der Waals surface area contributed by atoms with Crippen molar-refractivity contribution in [2.75, 3.05) is 23.8 Å². The van der Waals surface area contributed by atoms with Crippen molar-refractivity contribution in [3.8, 4) is 0 Å². The van der Waals surface area contributed by atoms with E-state index in [1.54, 1.807) is 0 Å². The molecule has 2 rings (SSSR count). The second kappa shape index (κ2) is 6.39. The van der Waals surface area contributed by atoms with E-state index in [0.29, 0.717) is 11.8 Å². The smallest absolute Gasteiger partial charge is 0.136 e. The number of anilines is 2. The predicted molar refractivity (Wildman–Crippen MR) is 82.2 cm³/mol. The van der Waals surface area contributed by atoms with Crippen molar-refractivity contribution < 1.29 is 5.11 Å². The molecule has 1 aliphatic carbocycles. The summed E-state index contributed by atoms with van der Waals surface area (Å²) < 4.78 is 0. The van der Waals surface area contributed by atoms with Crippen molar-refractivity contribution in [1.82, 2.24) is 9.97 Å². The minimum Gasteiger partial charge on any atom is -0.394 e. The average Bonchev–Trinajstić information content (AvgIpc) is 3.23. The molecule has 3 N–H and O–H groups in total. The monoisotopic (exact) mass is 278 g/mol. The Balaban J connectivity index is 2.29. The van der Waals surface area contributed by atoms with Crippen LogP contribution >= 0.6 is 0 Å². The molecule has 1 saturated carbocycles. The van der Waals surface area contributed by atoms with Crippen molar-refractivity contribution in [2.24, 2.45) is 5.92 Å². The van der Waals surface area contributed by atoms with Crippen LogP contribution in [0.5, 0.6) is 0 Å². The molecule has 0 spiro atoms. The van der Waals surface area contributed by atoms with Crippen LogP contribution in [0.3, 0.4) is 0 Å². The minimum absolute atomic E-state index is 0.0186. The van der Waals surface area contributed by atoms with E-state index in [9.17, 15) is 5.11 Å². The summed E-state index contributed by atoms with van der Waals surface area (Å²) in [6.07, 6.45) is 2.36. The van der Waals surface area contributed by atoms with Crippen LogP contribution in [-0.2, 0) is 0 Å². The number of aliphatic hydroxyl groups excluding tert-OH is 1. The molecule has 0 saturated heterocycles. The molecular weight excluding hydrogens is 252 g/mol. The maximum absolute atomic E-state index is 9.49. The fourth-order valence-electron chi connectivity index (χ4n) is 2.14. The Morgan fingerprint density at radius 3 is 2.40 bits per heavy atom. The van der Waals surface area contributed by atoms with Crippen LogP contribution in [0.4, 0.5) is 11.6 Å². The van der Waals surface area contributed by atoms with E-state index in [2.05, 4.69) is 41.4 Å². The van der Waals surface area contributed by atoms with Gasteiger partial charge in [-0.2, -0.15) is 0 Å². The molecule has 1 heterocycles. The standard InChI is InChI=1S/C15H26N4O/c1-5-16-13-10(4)14(17-12(8-20)9(2)3)19-15(18-13)11-6-7-11/h9,11-12,20H,5-8H2,1-4H3,(H2,16,17,18,19). The molecule has 0 bridgehead atoms. The highest BCUT2D eigenvalue weighted by molar-refractivity contribution is 5.58. The molecule has 0 radical (unpaired) electrons. The molecule has 1 aliphatic rings. The van der Waals surface area contributed by atoms with Gasteiger partial charge in [-0.25, -0.2) is 9.97 Å². The van der Waals surface area contributed by atoms with E-state index in [-0.39, 0.29) is 12.6 Å². The summed E-state index contributed by atoms with van der Waals surface area (Å²) in [6, 6.07) is 0.0186. The van der Waals surface area contributed by atoms with Gasteiger partial charge in [0.15, 0.2) is 0 Å². The third kappa shape index (κ3) is 3.39. The van der Waals surface area contributed by atoms with Crippen LogP contribution < -0.4 is 10.6 Å². The van der Waals surface area contributed by atoms with Crippen molar-refractivity contribution in [3.63, 3.8) is 0 Å². The van der Waals surface area contributed by atoms with Gasteiger partial charge in [-0.05, 0) is 32.6 Å². The van der Waals surface area contributed by atoms with Crippen molar-refractivity contribution in [2.45, 2.75) is 52.5 Å². The third-order valence-electron chi connectivity index (χ3n) is 3.77. The number of hydrogen-bond acceptors (Lipinski definition) is 5. The maximum atomic E-state index is 9.49. The van der Waals surface area contributed by atoms with Gasteiger partial charge in [0.25, 0.3) is 0 Å².